The van der Waals surface area contributed by atoms with Gasteiger partial charge in [0.25, 0.3) is 5.91 Å². The molecule has 2 aromatic rings. The molecule has 0 heterocycles. The Morgan fingerprint density at radius 2 is 1.77 bits per heavy atom. The van der Waals surface area contributed by atoms with Crippen molar-refractivity contribution in [1.29, 1.82) is 0 Å². The molecule has 0 unspecified atom stereocenters. The molecular formula is C16H14N2O3S. The average Bonchev–Trinajstić information content (AvgIpc) is 2.54. The second kappa shape index (κ2) is 7.33. The number of amides is 1. The predicted molar refractivity (Wildman–Crippen MR) is 88.3 cm³/mol. The monoisotopic (exact) mass is 314 g/mol. The molecular weight excluding hydrogens is 300 g/mol. The van der Waals surface area contributed by atoms with E-state index in [-0.39, 0.29) is 12.5 Å². The van der Waals surface area contributed by atoms with Crippen LogP contribution in [0.4, 0.5) is 5.69 Å². The highest BCUT2D eigenvalue weighted by molar-refractivity contribution is 7.80. The Kier molecular flexibility index (Phi) is 5.21. The van der Waals surface area contributed by atoms with Gasteiger partial charge in [-0.3, -0.25) is 9.59 Å². The Hall–Kier alpha value is -2.73. The largest absolute Gasteiger partial charge is 0.484 e. The van der Waals surface area contributed by atoms with Gasteiger partial charge in [-0.2, -0.15) is 0 Å². The number of hydrogen-bond acceptors (Lipinski definition) is 4. The lowest BCUT2D eigenvalue weighted by atomic mass is 10.2. The quantitative estimate of drug-likeness (QED) is 0.631. The Morgan fingerprint density at radius 3 is 2.32 bits per heavy atom. The molecule has 22 heavy (non-hydrogen) atoms. The van der Waals surface area contributed by atoms with Gasteiger partial charge in [-0.15, -0.1) is 0 Å². The van der Waals surface area contributed by atoms with Gasteiger partial charge in [0.15, 0.2) is 6.61 Å². The molecule has 2 rings (SSSR count). The first-order valence-electron chi connectivity index (χ1n) is 6.46. The Balaban J connectivity index is 1.86. The molecule has 0 aliphatic carbocycles. The van der Waals surface area contributed by atoms with Crippen LogP contribution in [-0.4, -0.2) is 23.8 Å². The second-order valence-electron chi connectivity index (χ2n) is 4.47. The number of carbonyl (C=O) groups is 2. The van der Waals surface area contributed by atoms with Crippen molar-refractivity contribution in [2.75, 3.05) is 11.9 Å². The number of nitrogens with two attached hydrogens (primary N) is 1. The smallest absolute Gasteiger partial charge is 0.262 e. The summed E-state index contributed by atoms with van der Waals surface area (Å²) in [5, 5.41) is 2.70. The molecule has 112 valence electrons. The second-order valence-corrected chi connectivity index (χ2v) is 4.91. The number of thiocarbonyl (C=S) groups is 1. The van der Waals surface area contributed by atoms with Gasteiger partial charge in [0, 0.05) is 16.8 Å². The van der Waals surface area contributed by atoms with E-state index < -0.39 is 0 Å². The van der Waals surface area contributed by atoms with E-state index >= 15 is 0 Å². The lowest BCUT2D eigenvalue weighted by Gasteiger charge is -2.08. The number of hydrogen-bond donors (Lipinski definition) is 2. The van der Waals surface area contributed by atoms with Gasteiger partial charge in [-0.25, -0.2) is 0 Å². The van der Waals surface area contributed by atoms with E-state index in [1.54, 1.807) is 48.5 Å². The van der Waals surface area contributed by atoms with Crippen molar-refractivity contribution in [2.24, 2.45) is 5.73 Å². The number of carbonyl (C=O) groups excluding carboxylic acids is 2. The topological polar surface area (TPSA) is 81.4 Å². The summed E-state index contributed by atoms with van der Waals surface area (Å²) in [5.74, 6) is 0.229. The van der Waals surface area contributed by atoms with Crippen LogP contribution in [0.15, 0.2) is 48.5 Å². The molecule has 0 aromatic heterocycles. The highest BCUT2D eigenvalue weighted by Crippen LogP contribution is 2.12. The summed E-state index contributed by atoms with van der Waals surface area (Å²) >= 11 is 4.86. The molecule has 0 spiro atoms. The standard InChI is InChI=1S/C16H14N2O3S/c17-16(22)12-3-5-13(6-4-12)18-15(20)10-21-14-7-1-11(9-19)2-8-14/h1-9H,10H2,(H2,17,22)(H,18,20). The maximum atomic E-state index is 11.8. The van der Waals surface area contributed by atoms with Crippen molar-refractivity contribution in [3.8, 4) is 5.75 Å². The van der Waals surface area contributed by atoms with Gasteiger partial charge in [0.2, 0.25) is 0 Å². The van der Waals surface area contributed by atoms with Crippen molar-refractivity contribution < 1.29 is 14.3 Å². The fourth-order valence-corrected chi connectivity index (χ4v) is 1.84. The molecule has 1 amide bonds. The van der Waals surface area contributed by atoms with Crippen molar-refractivity contribution in [3.05, 3.63) is 59.7 Å². The zero-order chi connectivity index (χ0) is 15.9. The first-order valence-corrected chi connectivity index (χ1v) is 6.87. The molecule has 0 bridgehead atoms. The third-order valence-corrected chi connectivity index (χ3v) is 3.07. The summed E-state index contributed by atoms with van der Waals surface area (Å²) in [6.45, 7) is -0.127. The van der Waals surface area contributed by atoms with Crippen LogP contribution in [0.25, 0.3) is 0 Å². The van der Waals surface area contributed by atoms with Crippen LogP contribution in [0.3, 0.4) is 0 Å². The minimum atomic E-state index is -0.289. The van der Waals surface area contributed by atoms with E-state index in [0.29, 0.717) is 22.0 Å². The molecule has 0 saturated carbocycles. The maximum Gasteiger partial charge on any atom is 0.262 e. The first-order chi connectivity index (χ1) is 10.6. The van der Waals surface area contributed by atoms with Crippen LogP contribution in [0.5, 0.6) is 5.75 Å². The molecule has 0 atom stereocenters. The lowest BCUT2D eigenvalue weighted by molar-refractivity contribution is -0.118. The van der Waals surface area contributed by atoms with Gasteiger partial charge < -0.3 is 15.8 Å². The molecule has 5 nitrogen and oxygen atoms in total. The van der Waals surface area contributed by atoms with E-state index in [9.17, 15) is 9.59 Å². The third-order valence-electron chi connectivity index (χ3n) is 2.84. The highest BCUT2D eigenvalue weighted by atomic mass is 32.1. The van der Waals surface area contributed by atoms with Crippen LogP contribution in [0.1, 0.15) is 15.9 Å². The first kappa shape index (κ1) is 15.7. The average molecular weight is 314 g/mol. The predicted octanol–water partition coefficient (Wildman–Crippen LogP) is 2.15. The Morgan fingerprint density at radius 1 is 1.14 bits per heavy atom. The minimum absolute atomic E-state index is 0.127. The van der Waals surface area contributed by atoms with Crippen molar-refractivity contribution in [3.63, 3.8) is 0 Å². The van der Waals surface area contributed by atoms with Crippen LogP contribution >= 0.6 is 12.2 Å². The molecule has 0 aliphatic rings. The normalized spacial score (nSPS) is 9.82. The van der Waals surface area contributed by atoms with Gasteiger partial charge in [-0.1, -0.05) is 12.2 Å². The van der Waals surface area contributed by atoms with E-state index in [1.165, 1.54) is 0 Å². The fraction of sp³-hybridized carbons (Fsp3) is 0.0625. The van der Waals surface area contributed by atoms with Gasteiger partial charge in [0.05, 0.1) is 0 Å². The Labute approximate surface area is 133 Å². The SMILES string of the molecule is NC(=S)c1ccc(NC(=O)COc2ccc(C=O)cc2)cc1. The van der Waals surface area contributed by atoms with Crippen LogP contribution in [0.2, 0.25) is 0 Å². The van der Waals surface area contributed by atoms with Crippen LogP contribution in [-0.2, 0) is 4.79 Å². The number of nitrogens with one attached hydrogen (secondary N) is 1. The van der Waals surface area contributed by atoms with Gasteiger partial charge in [-0.05, 0) is 48.5 Å². The maximum absolute atomic E-state index is 11.8. The molecule has 0 fully saturated rings. The number of aldehydes is 1. The van der Waals surface area contributed by atoms with E-state index in [1.807, 2.05) is 0 Å². The summed E-state index contributed by atoms with van der Waals surface area (Å²) in [4.78, 5) is 22.6. The van der Waals surface area contributed by atoms with E-state index in [2.05, 4.69) is 5.32 Å². The van der Waals surface area contributed by atoms with E-state index in [4.69, 9.17) is 22.7 Å². The number of ether oxygens (including phenoxy) is 1. The fourth-order valence-electron chi connectivity index (χ4n) is 1.71. The summed E-state index contributed by atoms with van der Waals surface area (Å²) in [7, 11) is 0. The molecule has 6 heteroatoms. The van der Waals surface area contributed by atoms with Crippen molar-refractivity contribution in [2.45, 2.75) is 0 Å². The Bertz CT molecular complexity index is 682. The number of anilines is 1. The summed E-state index contributed by atoms with van der Waals surface area (Å²) in [5.41, 5.74) is 7.42. The molecule has 3 N–H and O–H groups in total. The van der Waals surface area contributed by atoms with Crippen LogP contribution < -0.4 is 15.8 Å². The summed E-state index contributed by atoms with van der Waals surface area (Å²) in [6.07, 6.45) is 0.743. The van der Waals surface area contributed by atoms with Crippen molar-refractivity contribution in [1.82, 2.24) is 0 Å². The summed E-state index contributed by atoms with van der Waals surface area (Å²) < 4.78 is 5.33. The number of benzene rings is 2. The zero-order valence-electron chi connectivity index (χ0n) is 11.6. The lowest BCUT2D eigenvalue weighted by Crippen LogP contribution is -2.20. The zero-order valence-corrected chi connectivity index (χ0v) is 12.4. The molecule has 0 radical (unpaired) electrons. The third kappa shape index (κ3) is 4.39. The van der Waals surface area contributed by atoms with E-state index in [0.717, 1.165) is 11.8 Å². The van der Waals surface area contributed by atoms with Gasteiger partial charge >= 0.3 is 0 Å². The van der Waals surface area contributed by atoms with Crippen molar-refractivity contribution >= 4 is 35.1 Å². The molecule has 2 aromatic carbocycles. The minimum Gasteiger partial charge on any atom is -0.484 e. The molecule has 0 aliphatic heterocycles. The number of rotatable bonds is 6. The van der Waals surface area contributed by atoms with Crippen LogP contribution in [0, 0.1) is 0 Å². The molecule has 0 saturated heterocycles. The van der Waals surface area contributed by atoms with Gasteiger partial charge in [0.1, 0.15) is 17.0 Å². The highest BCUT2D eigenvalue weighted by Gasteiger charge is 2.04. The summed E-state index contributed by atoms with van der Waals surface area (Å²) in [6, 6.07) is 13.4.